The second-order valence-corrected chi connectivity index (χ2v) is 8.27. The van der Waals surface area contributed by atoms with Crippen LogP contribution in [0, 0.1) is 0 Å². The van der Waals surface area contributed by atoms with Crippen LogP contribution in [0.15, 0.2) is 64.2 Å². The summed E-state index contributed by atoms with van der Waals surface area (Å²) in [4.78, 5) is 12.2. The summed E-state index contributed by atoms with van der Waals surface area (Å²) < 4.78 is 12.4. The van der Waals surface area contributed by atoms with Crippen molar-refractivity contribution in [1.29, 1.82) is 0 Å². The number of hydrogen-bond donors (Lipinski definition) is 2. The molecular weight excluding hydrogens is 517 g/mol. The lowest BCUT2D eigenvalue weighted by Gasteiger charge is -2.15. The maximum absolute atomic E-state index is 12.2. The number of amides is 1. The van der Waals surface area contributed by atoms with Crippen molar-refractivity contribution in [1.82, 2.24) is 5.43 Å². The van der Waals surface area contributed by atoms with Crippen LogP contribution in [0.3, 0.4) is 0 Å². The Hall–Kier alpha value is -2.74. The summed E-state index contributed by atoms with van der Waals surface area (Å²) in [5, 5.41) is 5.09. The van der Waals surface area contributed by atoms with Gasteiger partial charge in [0.15, 0.2) is 11.5 Å². The number of nitrogens with one attached hydrogen (secondary N) is 1. The van der Waals surface area contributed by atoms with E-state index in [1.54, 1.807) is 48.5 Å². The van der Waals surface area contributed by atoms with Crippen molar-refractivity contribution in [2.24, 2.45) is 5.10 Å². The van der Waals surface area contributed by atoms with Crippen LogP contribution in [0.5, 0.6) is 11.5 Å². The van der Waals surface area contributed by atoms with Gasteiger partial charge in [0.25, 0.3) is 5.91 Å². The van der Waals surface area contributed by atoms with Crippen molar-refractivity contribution < 1.29 is 14.3 Å². The summed E-state index contributed by atoms with van der Waals surface area (Å²) in [5.41, 5.74) is 10.5. The van der Waals surface area contributed by atoms with Gasteiger partial charge >= 0.3 is 0 Å². The molecule has 6 nitrogen and oxygen atoms in total. The highest BCUT2D eigenvalue weighted by molar-refractivity contribution is 9.10. The highest BCUT2D eigenvalue weighted by atomic mass is 79.9. The van der Waals surface area contributed by atoms with Crippen LogP contribution in [0.1, 0.15) is 28.4 Å². The number of hydrogen-bond acceptors (Lipinski definition) is 5. The molecule has 0 aromatic heterocycles. The Labute approximate surface area is 204 Å². The average Bonchev–Trinajstić information content (AvgIpc) is 2.75. The van der Waals surface area contributed by atoms with E-state index in [0.29, 0.717) is 49.4 Å². The summed E-state index contributed by atoms with van der Waals surface area (Å²) >= 11 is 15.7. The zero-order valence-corrected chi connectivity index (χ0v) is 20.2. The predicted octanol–water partition coefficient (Wildman–Crippen LogP) is 6.08. The number of rotatable bonds is 8. The van der Waals surface area contributed by atoms with E-state index in [1.165, 1.54) is 6.21 Å². The lowest BCUT2D eigenvalue weighted by Crippen LogP contribution is -2.19. The van der Waals surface area contributed by atoms with Crippen molar-refractivity contribution in [3.05, 3.63) is 85.8 Å². The van der Waals surface area contributed by atoms with Crippen molar-refractivity contribution in [2.75, 3.05) is 12.3 Å². The van der Waals surface area contributed by atoms with E-state index in [-0.39, 0.29) is 6.61 Å². The summed E-state index contributed by atoms with van der Waals surface area (Å²) in [7, 11) is 0. The van der Waals surface area contributed by atoms with Gasteiger partial charge in [-0.25, -0.2) is 5.43 Å². The molecule has 3 aromatic rings. The first-order valence-electron chi connectivity index (χ1n) is 9.60. The number of hydrazone groups is 1. The first kappa shape index (κ1) is 23.9. The normalized spacial score (nSPS) is 10.9. The first-order chi connectivity index (χ1) is 15.4. The van der Waals surface area contributed by atoms with Gasteiger partial charge in [0, 0.05) is 21.3 Å². The minimum Gasteiger partial charge on any atom is -0.490 e. The molecule has 0 spiro atoms. The number of para-hydroxylation sites is 1. The van der Waals surface area contributed by atoms with Gasteiger partial charge in [-0.2, -0.15) is 5.10 Å². The first-order valence-corrected chi connectivity index (χ1v) is 11.1. The Bertz CT molecular complexity index is 1160. The number of carbonyl (C=O) groups is 1. The Morgan fingerprint density at radius 2 is 1.94 bits per heavy atom. The van der Waals surface area contributed by atoms with Crippen LogP contribution in [0.2, 0.25) is 10.0 Å². The van der Waals surface area contributed by atoms with Crippen LogP contribution in [-0.2, 0) is 6.61 Å². The van der Waals surface area contributed by atoms with Crippen molar-refractivity contribution >= 4 is 56.9 Å². The molecule has 3 aromatic carbocycles. The van der Waals surface area contributed by atoms with E-state index < -0.39 is 5.91 Å². The van der Waals surface area contributed by atoms with Crippen molar-refractivity contribution in [3.63, 3.8) is 0 Å². The largest absolute Gasteiger partial charge is 0.490 e. The highest BCUT2D eigenvalue weighted by Gasteiger charge is 2.13. The van der Waals surface area contributed by atoms with Crippen LogP contribution >= 0.6 is 39.1 Å². The van der Waals surface area contributed by atoms with E-state index in [4.69, 9.17) is 38.4 Å². The maximum atomic E-state index is 12.2. The predicted molar refractivity (Wildman–Crippen MR) is 132 cm³/mol. The zero-order valence-electron chi connectivity index (χ0n) is 17.1. The smallest absolute Gasteiger partial charge is 0.273 e. The number of nitrogens with two attached hydrogens (primary N) is 1. The van der Waals surface area contributed by atoms with Crippen molar-refractivity contribution in [2.45, 2.75) is 13.5 Å². The molecule has 0 atom stereocenters. The molecule has 0 bridgehead atoms. The summed E-state index contributed by atoms with van der Waals surface area (Å²) in [6.45, 7) is 2.55. The number of nitrogens with zero attached hydrogens (tertiary/aromatic N) is 1. The van der Waals surface area contributed by atoms with E-state index in [1.807, 2.05) is 13.0 Å². The lowest BCUT2D eigenvalue weighted by atomic mass is 10.2. The third kappa shape index (κ3) is 6.16. The van der Waals surface area contributed by atoms with E-state index >= 15 is 0 Å². The van der Waals surface area contributed by atoms with Crippen LogP contribution in [-0.4, -0.2) is 18.7 Å². The molecule has 0 radical (unpaired) electrons. The molecule has 0 aliphatic carbocycles. The molecule has 0 saturated carbocycles. The van der Waals surface area contributed by atoms with Gasteiger partial charge in [0.1, 0.15) is 6.61 Å². The second kappa shape index (κ2) is 11.2. The number of ether oxygens (including phenoxy) is 2. The molecule has 3 N–H and O–H groups in total. The molecule has 3 rings (SSSR count). The van der Waals surface area contributed by atoms with E-state index in [0.717, 1.165) is 5.56 Å². The van der Waals surface area contributed by atoms with Gasteiger partial charge in [0.05, 0.1) is 22.9 Å². The molecule has 0 fully saturated rings. The number of nitrogen functional groups attached to an aromatic ring is 1. The van der Waals surface area contributed by atoms with Crippen LogP contribution in [0.4, 0.5) is 5.69 Å². The summed E-state index contributed by atoms with van der Waals surface area (Å²) in [6.07, 6.45) is 1.50. The minimum absolute atomic E-state index is 0.233. The number of benzene rings is 3. The van der Waals surface area contributed by atoms with E-state index in [2.05, 4.69) is 26.5 Å². The third-order valence-corrected chi connectivity index (χ3v) is 5.48. The quantitative estimate of drug-likeness (QED) is 0.207. The Kier molecular flexibility index (Phi) is 8.39. The van der Waals surface area contributed by atoms with Crippen LogP contribution in [0.25, 0.3) is 0 Å². The molecule has 0 aliphatic rings. The van der Waals surface area contributed by atoms with Gasteiger partial charge in [-0.15, -0.1) is 0 Å². The average molecular weight is 537 g/mol. The highest BCUT2D eigenvalue weighted by Crippen LogP contribution is 2.37. The fourth-order valence-electron chi connectivity index (χ4n) is 2.78. The zero-order chi connectivity index (χ0) is 23.1. The SMILES string of the molecule is CCOc1cc(/C=N/NC(=O)c2ccccc2N)cc(Br)c1OCc1ccc(Cl)cc1Cl. The van der Waals surface area contributed by atoms with Gasteiger partial charge in [-0.1, -0.05) is 41.4 Å². The summed E-state index contributed by atoms with van der Waals surface area (Å²) in [6, 6.07) is 15.6. The lowest BCUT2D eigenvalue weighted by molar-refractivity contribution is 0.0956. The van der Waals surface area contributed by atoms with Crippen LogP contribution < -0.4 is 20.6 Å². The second-order valence-electron chi connectivity index (χ2n) is 6.57. The van der Waals surface area contributed by atoms with E-state index in [9.17, 15) is 4.79 Å². The standard InChI is InChI=1S/C23H20BrCl2N3O3/c1-2-31-21-10-14(12-28-29-23(30)17-5-3-4-6-20(17)27)9-18(24)22(21)32-13-15-7-8-16(25)11-19(15)26/h3-12H,2,13,27H2,1H3,(H,29,30)/b28-12+. The molecule has 1 amide bonds. The molecule has 0 heterocycles. The Morgan fingerprint density at radius 1 is 1.16 bits per heavy atom. The molecule has 166 valence electrons. The van der Waals surface area contributed by atoms with Gasteiger partial charge in [-0.05, 0) is 64.8 Å². The molecule has 0 unspecified atom stereocenters. The number of anilines is 1. The fourth-order valence-corrected chi connectivity index (χ4v) is 3.82. The van der Waals surface area contributed by atoms with Gasteiger partial charge in [-0.3, -0.25) is 4.79 Å². The molecule has 32 heavy (non-hydrogen) atoms. The maximum Gasteiger partial charge on any atom is 0.273 e. The third-order valence-electron chi connectivity index (χ3n) is 4.30. The number of halogens is 3. The Balaban J connectivity index is 1.75. The molecule has 0 aliphatic heterocycles. The Morgan fingerprint density at radius 3 is 2.66 bits per heavy atom. The topological polar surface area (TPSA) is 85.9 Å². The minimum atomic E-state index is -0.400. The van der Waals surface area contributed by atoms with Gasteiger partial charge < -0.3 is 15.2 Å². The summed E-state index contributed by atoms with van der Waals surface area (Å²) in [5.74, 6) is 0.645. The molecule has 0 saturated heterocycles. The molecular formula is C23H20BrCl2N3O3. The molecule has 9 heteroatoms. The monoisotopic (exact) mass is 535 g/mol. The fraction of sp³-hybridized carbons (Fsp3) is 0.130. The van der Waals surface area contributed by atoms with Crippen molar-refractivity contribution in [3.8, 4) is 11.5 Å². The number of carbonyl (C=O) groups excluding carboxylic acids is 1. The van der Waals surface area contributed by atoms with Gasteiger partial charge in [0.2, 0.25) is 0 Å².